The molecule has 0 saturated heterocycles. The number of aromatic nitrogens is 2. The van der Waals surface area contributed by atoms with Crippen LogP contribution in [0.1, 0.15) is 32.7 Å². The maximum absolute atomic E-state index is 12.9. The number of rotatable bonds is 4. The number of aryl methyl sites for hydroxylation is 2. The highest BCUT2D eigenvalue weighted by atomic mass is 16.2. The maximum Gasteiger partial charge on any atom is 0.257 e. The first-order valence-corrected chi connectivity index (χ1v) is 8.39. The summed E-state index contributed by atoms with van der Waals surface area (Å²) in [4.78, 5) is 14.6. The fourth-order valence-electron chi connectivity index (χ4n) is 3.01. The van der Waals surface area contributed by atoms with Gasteiger partial charge in [-0.1, -0.05) is 42.0 Å². The number of hydrogen-bond acceptors (Lipinski definition) is 2. The van der Waals surface area contributed by atoms with Crippen molar-refractivity contribution in [2.45, 2.75) is 27.3 Å². The molecule has 25 heavy (non-hydrogen) atoms. The molecule has 0 bridgehead atoms. The van der Waals surface area contributed by atoms with Crippen LogP contribution in [-0.2, 0) is 6.54 Å². The zero-order valence-corrected chi connectivity index (χ0v) is 15.2. The Labute approximate surface area is 148 Å². The SMILES string of the molecule is Cc1ccc(CN(C)C(=O)c2cnn(-c3ccccc3)c2C)c(C)c1. The van der Waals surface area contributed by atoms with Gasteiger partial charge < -0.3 is 4.90 Å². The minimum Gasteiger partial charge on any atom is -0.337 e. The van der Waals surface area contributed by atoms with Gasteiger partial charge in [-0.3, -0.25) is 4.79 Å². The lowest BCUT2D eigenvalue weighted by Gasteiger charge is -2.18. The van der Waals surface area contributed by atoms with Crippen molar-refractivity contribution in [1.82, 2.24) is 14.7 Å². The lowest BCUT2D eigenvalue weighted by Crippen LogP contribution is -2.27. The lowest BCUT2D eigenvalue weighted by molar-refractivity contribution is 0.0784. The van der Waals surface area contributed by atoms with Crippen molar-refractivity contribution >= 4 is 5.91 Å². The van der Waals surface area contributed by atoms with Gasteiger partial charge in [-0.25, -0.2) is 4.68 Å². The minimum atomic E-state index is -0.0142. The van der Waals surface area contributed by atoms with Crippen molar-refractivity contribution in [1.29, 1.82) is 0 Å². The van der Waals surface area contributed by atoms with Crippen LogP contribution in [0.25, 0.3) is 5.69 Å². The molecule has 2 aromatic carbocycles. The van der Waals surface area contributed by atoms with E-state index in [-0.39, 0.29) is 5.91 Å². The first kappa shape index (κ1) is 17.0. The molecule has 0 atom stereocenters. The van der Waals surface area contributed by atoms with Crippen molar-refractivity contribution < 1.29 is 4.79 Å². The van der Waals surface area contributed by atoms with E-state index in [1.54, 1.807) is 15.8 Å². The van der Waals surface area contributed by atoms with E-state index in [4.69, 9.17) is 0 Å². The second-order valence-electron chi connectivity index (χ2n) is 6.48. The van der Waals surface area contributed by atoms with Crippen LogP contribution in [0, 0.1) is 20.8 Å². The number of para-hydroxylation sites is 1. The third-order valence-corrected chi connectivity index (χ3v) is 4.49. The molecular formula is C21H23N3O. The molecule has 3 aromatic rings. The monoisotopic (exact) mass is 333 g/mol. The molecule has 1 aromatic heterocycles. The summed E-state index contributed by atoms with van der Waals surface area (Å²) in [7, 11) is 1.83. The predicted molar refractivity (Wildman–Crippen MR) is 100 cm³/mol. The largest absolute Gasteiger partial charge is 0.337 e. The molecule has 0 aliphatic carbocycles. The van der Waals surface area contributed by atoms with Crippen LogP contribution < -0.4 is 0 Å². The van der Waals surface area contributed by atoms with Gasteiger partial charge in [-0.2, -0.15) is 5.10 Å². The van der Waals surface area contributed by atoms with E-state index in [0.717, 1.165) is 16.9 Å². The average Bonchev–Trinajstić information content (AvgIpc) is 2.99. The Morgan fingerprint density at radius 3 is 2.48 bits per heavy atom. The number of benzene rings is 2. The highest BCUT2D eigenvalue weighted by Gasteiger charge is 2.19. The maximum atomic E-state index is 12.9. The summed E-state index contributed by atoms with van der Waals surface area (Å²) in [6.45, 7) is 6.67. The summed E-state index contributed by atoms with van der Waals surface area (Å²) in [6, 6.07) is 16.2. The van der Waals surface area contributed by atoms with Gasteiger partial charge in [-0.05, 0) is 44.0 Å². The molecule has 0 aliphatic rings. The van der Waals surface area contributed by atoms with E-state index in [1.165, 1.54) is 11.1 Å². The first-order chi connectivity index (χ1) is 12.0. The topological polar surface area (TPSA) is 38.1 Å². The predicted octanol–water partition coefficient (Wildman–Crippen LogP) is 4.07. The van der Waals surface area contributed by atoms with E-state index < -0.39 is 0 Å². The van der Waals surface area contributed by atoms with Crippen molar-refractivity contribution in [2.75, 3.05) is 7.05 Å². The van der Waals surface area contributed by atoms with Crippen LogP contribution in [-0.4, -0.2) is 27.6 Å². The lowest BCUT2D eigenvalue weighted by atomic mass is 10.1. The smallest absolute Gasteiger partial charge is 0.257 e. The van der Waals surface area contributed by atoms with Crippen molar-refractivity contribution in [2.24, 2.45) is 0 Å². The molecule has 4 heteroatoms. The summed E-state index contributed by atoms with van der Waals surface area (Å²) in [5.74, 6) is -0.0142. The van der Waals surface area contributed by atoms with Gasteiger partial charge in [-0.15, -0.1) is 0 Å². The standard InChI is InChI=1S/C21H23N3O/c1-15-10-11-18(16(2)12-15)14-23(4)21(25)20-13-22-24(17(20)3)19-8-6-5-7-9-19/h5-13H,14H2,1-4H3. The molecule has 1 amide bonds. The number of carbonyl (C=O) groups excluding carboxylic acids is 1. The highest BCUT2D eigenvalue weighted by Crippen LogP contribution is 2.18. The second kappa shape index (κ2) is 6.93. The van der Waals surface area contributed by atoms with Crippen LogP contribution in [0.2, 0.25) is 0 Å². The van der Waals surface area contributed by atoms with Gasteiger partial charge in [0, 0.05) is 13.6 Å². The molecule has 0 unspecified atom stereocenters. The molecule has 1 heterocycles. The molecular weight excluding hydrogens is 310 g/mol. The number of nitrogens with zero attached hydrogens (tertiary/aromatic N) is 3. The minimum absolute atomic E-state index is 0.0142. The Hall–Kier alpha value is -2.88. The number of amides is 1. The molecule has 128 valence electrons. The van der Waals surface area contributed by atoms with Crippen molar-refractivity contribution in [3.05, 3.63) is 82.7 Å². The zero-order valence-electron chi connectivity index (χ0n) is 15.2. The highest BCUT2D eigenvalue weighted by molar-refractivity contribution is 5.95. The summed E-state index contributed by atoms with van der Waals surface area (Å²) >= 11 is 0. The van der Waals surface area contributed by atoms with E-state index in [0.29, 0.717) is 12.1 Å². The Bertz CT molecular complexity index is 897. The van der Waals surface area contributed by atoms with Gasteiger partial charge in [0.1, 0.15) is 0 Å². The van der Waals surface area contributed by atoms with E-state index in [9.17, 15) is 4.79 Å². The second-order valence-corrected chi connectivity index (χ2v) is 6.48. The van der Waals surface area contributed by atoms with Crippen molar-refractivity contribution in [3.8, 4) is 5.69 Å². The molecule has 3 rings (SSSR count). The molecule has 4 nitrogen and oxygen atoms in total. The van der Waals surface area contributed by atoms with Crippen LogP contribution >= 0.6 is 0 Å². The average molecular weight is 333 g/mol. The van der Waals surface area contributed by atoms with Gasteiger partial charge >= 0.3 is 0 Å². The third-order valence-electron chi connectivity index (χ3n) is 4.49. The Kier molecular flexibility index (Phi) is 4.70. The summed E-state index contributed by atoms with van der Waals surface area (Å²) in [6.07, 6.45) is 1.66. The van der Waals surface area contributed by atoms with Crippen LogP contribution in [0.15, 0.2) is 54.7 Å². The van der Waals surface area contributed by atoms with E-state index in [1.807, 2.05) is 44.3 Å². The zero-order chi connectivity index (χ0) is 18.0. The molecule has 0 fully saturated rings. The molecule has 0 N–H and O–H groups in total. The summed E-state index contributed by atoms with van der Waals surface area (Å²) in [5.41, 5.74) is 6.04. The molecule has 0 spiro atoms. The van der Waals surface area contributed by atoms with Gasteiger partial charge in [0.05, 0.1) is 23.1 Å². The molecule has 0 aliphatic heterocycles. The van der Waals surface area contributed by atoms with Crippen LogP contribution in [0.4, 0.5) is 0 Å². The normalized spacial score (nSPS) is 10.7. The molecule has 0 radical (unpaired) electrons. The van der Waals surface area contributed by atoms with Crippen LogP contribution in [0.3, 0.4) is 0 Å². The molecule has 0 saturated carbocycles. The third kappa shape index (κ3) is 3.48. The van der Waals surface area contributed by atoms with E-state index in [2.05, 4.69) is 37.1 Å². The fourth-order valence-corrected chi connectivity index (χ4v) is 3.01. The van der Waals surface area contributed by atoms with Gasteiger partial charge in [0.15, 0.2) is 0 Å². The fraction of sp³-hybridized carbons (Fsp3) is 0.238. The quantitative estimate of drug-likeness (QED) is 0.722. The Morgan fingerprint density at radius 2 is 1.80 bits per heavy atom. The number of hydrogen-bond donors (Lipinski definition) is 0. The summed E-state index contributed by atoms with van der Waals surface area (Å²) in [5, 5.41) is 4.39. The van der Waals surface area contributed by atoms with E-state index >= 15 is 0 Å². The van der Waals surface area contributed by atoms with Crippen molar-refractivity contribution in [3.63, 3.8) is 0 Å². The van der Waals surface area contributed by atoms with Crippen LogP contribution in [0.5, 0.6) is 0 Å². The Morgan fingerprint density at radius 1 is 1.08 bits per heavy atom. The summed E-state index contributed by atoms with van der Waals surface area (Å²) < 4.78 is 1.80. The first-order valence-electron chi connectivity index (χ1n) is 8.39. The number of carbonyl (C=O) groups is 1. The van der Waals surface area contributed by atoms with Gasteiger partial charge in [0.2, 0.25) is 0 Å². The van der Waals surface area contributed by atoms with Gasteiger partial charge in [0.25, 0.3) is 5.91 Å². The Balaban J connectivity index is 1.82.